The molecule has 0 bridgehead atoms. The number of nitrogens with zero attached hydrogens (tertiary/aromatic N) is 1. The van der Waals surface area contributed by atoms with Crippen LogP contribution >= 0.6 is 0 Å². The van der Waals surface area contributed by atoms with Crippen molar-refractivity contribution >= 4 is 21.6 Å². The molecule has 0 spiro atoms. The monoisotopic (exact) mass is 633 g/mol. The van der Waals surface area contributed by atoms with E-state index in [4.69, 9.17) is 4.74 Å². The van der Waals surface area contributed by atoms with Gasteiger partial charge in [0.1, 0.15) is 5.75 Å². The molecule has 1 amide bonds. The lowest BCUT2D eigenvalue weighted by Gasteiger charge is -2.32. The normalized spacial score (nSPS) is 16.4. The summed E-state index contributed by atoms with van der Waals surface area (Å²) in [5, 5.41) is 17.4. The molecule has 1 heterocycles. The average Bonchev–Trinajstić information content (AvgIpc) is 3.34. The molecular weight excluding hydrogens is 595 g/mol. The predicted octanol–water partition coefficient (Wildman–Crippen LogP) is 4.87. The lowest BCUT2D eigenvalue weighted by atomic mass is 9.92. The molecule has 1 aliphatic rings. The molecule has 44 heavy (non-hydrogen) atoms. The summed E-state index contributed by atoms with van der Waals surface area (Å²) in [4.78, 5) is 13.6. The molecule has 12 heteroatoms. The zero-order valence-corrected chi connectivity index (χ0v) is 25.7. The van der Waals surface area contributed by atoms with Gasteiger partial charge >= 0.3 is 6.18 Å². The fourth-order valence-corrected chi connectivity index (χ4v) is 6.68. The maximum atomic E-state index is 13.6. The van der Waals surface area contributed by atoms with E-state index in [9.17, 15) is 31.5 Å². The maximum absolute atomic E-state index is 13.6. The average molecular weight is 634 g/mol. The zero-order chi connectivity index (χ0) is 32.1. The quantitative estimate of drug-likeness (QED) is 0.263. The molecule has 0 aromatic heterocycles. The van der Waals surface area contributed by atoms with E-state index in [1.807, 2.05) is 30.3 Å². The van der Waals surface area contributed by atoms with Crippen LogP contribution in [0.2, 0.25) is 0 Å². The second-order valence-corrected chi connectivity index (χ2v) is 13.3. The van der Waals surface area contributed by atoms with Gasteiger partial charge in [-0.05, 0) is 69.0 Å². The van der Waals surface area contributed by atoms with Gasteiger partial charge in [-0.25, -0.2) is 8.42 Å². The van der Waals surface area contributed by atoms with Crippen molar-refractivity contribution in [2.24, 2.45) is 0 Å². The SMILES string of the molecule is CCOc1cc(C(=O)N[C@@H](Cc2ccccc2)[C@H](O)CNC(C)(C)c2cccc(C(F)(F)F)c2)cc(N2CCCS2(=O)=O)c1. The number of benzene rings is 3. The molecule has 1 fully saturated rings. The fourth-order valence-electron chi connectivity index (χ4n) is 5.13. The second-order valence-electron chi connectivity index (χ2n) is 11.3. The predicted molar refractivity (Wildman–Crippen MR) is 163 cm³/mol. The summed E-state index contributed by atoms with van der Waals surface area (Å²) in [6, 6.07) is 18.0. The number of halogens is 3. The number of anilines is 1. The van der Waals surface area contributed by atoms with Crippen LogP contribution in [0.1, 0.15) is 54.2 Å². The van der Waals surface area contributed by atoms with Gasteiger partial charge < -0.3 is 20.5 Å². The molecule has 0 saturated carbocycles. The van der Waals surface area contributed by atoms with Crippen LogP contribution in [-0.2, 0) is 28.2 Å². The van der Waals surface area contributed by atoms with Crippen LogP contribution in [0.15, 0.2) is 72.8 Å². The smallest absolute Gasteiger partial charge is 0.416 e. The van der Waals surface area contributed by atoms with Crippen molar-refractivity contribution < 1.29 is 36.2 Å². The van der Waals surface area contributed by atoms with Gasteiger partial charge in [-0.1, -0.05) is 42.5 Å². The Hall–Kier alpha value is -3.61. The standard InChI is InChI=1S/C32H38F3N3O5S/c1-4-43-27-18-23(17-26(20-27)38-14-9-15-44(38,41)42)30(40)37-28(16-22-10-6-5-7-11-22)29(39)21-36-31(2,3)24-12-8-13-25(19-24)32(33,34)35/h5-8,10-13,17-20,28-29,36,39H,4,9,14-16,21H2,1-3H3,(H,37,40)/t28-,29+/m0/s1. The van der Waals surface area contributed by atoms with E-state index in [2.05, 4.69) is 10.6 Å². The minimum absolute atomic E-state index is 0.0165. The Morgan fingerprint density at radius 2 is 1.73 bits per heavy atom. The molecule has 0 radical (unpaired) electrons. The van der Waals surface area contributed by atoms with Crippen molar-refractivity contribution in [2.45, 2.75) is 57.5 Å². The van der Waals surface area contributed by atoms with Gasteiger partial charge in [0, 0.05) is 30.3 Å². The van der Waals surface area contributed by atoms with Crippen molar-refractivity contribution in [1.82, 2.24) is 10.6 Å². The van der Waals surface area contributed by atoms with Crippen molar-refractivity contribution in [3.63, 3.8) is 0 Å². The minimum atomic E-state index is -4.49. The highest BCUT2D eigenvalue weighted by atomic mass is 32.2. The van der Waals surface area contributed by atoms with Crippen LogP contribution in [0.4, 0.5) is 18.9 Å². The van der Waals surface area contributed by atoms with Gasteiger partial charge in [-0.2, -0.15) is 13.2 Å². The van der Waals surface area contributed by atoms with Gasteiger partial charge in [-0.3, -0.25) is 9.10 Å². The molecule has 0 aliphatic carbocycles. The van der Waals surface area contributed by atoms with Crippen molar-refractivity contribution in [2.75, 3.05) is 29.8 Å². The van der Waals surface area contributed by atoms with Crippen LogP contribution in [0.3, 0.4) is 0 Å². The molecule has 4 rings (SSSR count). The topological polar surface area (TPSA) is 108 Å². The Kier molecular flexibility index (Phi) is 10.3. The summed E-state index contributed by atoms with van der Waals surface area (Å²) in [5.41, 5.74) is 0.0148. The first kappa shape index (κ1) is 33.3. The van der Waals surface area contributed by atoms with Gasteiger partial charge in [0.25, 0.3) is 5.91 Å². The van der Waals surface area contributed by atoms with Crippen LogP contribution in [0, 0.1) is 0 Å². The Morgan fingerprint density at radius 1 is 1.02 bits per heavy atom. The van der Waals surface area contributed by atoms with E-state index in [1.54, 1.807) is 32.9 Å². The first-order valence-electron chi connectivity index (χ1n) is 14.4. The molecule has 3 aromatic carbocycles. The molecule has 8 nitrogen and oxygen atoms in total. The molecule has 3 N–H and O–H groups in total. The number of hydrogen-bond donors (Lipinski definition) is 3. The highest BCUT2D eigenvalue weighted by Crippen LogP contribution is 2.32. The van der Waals surface area contributed by atoms with Crippen LogP contribution in [0.5, 0.6) is 5.75 Å². The molecule has 0 unspecified atom stereocenters. The first-order chi connectivity index (χ1) is 20.7. The number of aliphatic hydroxyl groups excluding tert-OH is 1. The summed E-state index contributed by atoms with van der Waals surface area (Å²) < 4.78 is 72.1. The van der Waals surface area contributed by atoms with E-state index in [1.165, 1.54) is 22.5 Å². The van der Waals surface area contributed by atoms with E-state index >= 15 is 0 Å². The molecule has 238 valence electrons. The third kappa shape index (κ3) is 8.30. The second kappa shape index (κ2) is 13.6. The number of ether oxygens (including phenoxy) is 1. The molecule has 1 aliphatic heterocycles. The number of sulfonamides is 1. The summed E-state index contributed by atoms with van der Waals surface area (Å²) >= 11 is 0. The lowest BCUT2D eigenvalue weighted by Crippen LogP contribution is -2.51. The Morgan fingerprint density at radius 3 is 2.36 bits per heavy atom. The van der Waals surface area contributed by atoms with Crippen molar-refractivity contribution in [1.29, 1.82) is 0 Å². The largest absolute Gasteiger partial charge is 0.494 e. The van der Waals surface area contributed by atoms with E-state index in [-0.39, 0.29) is 24.3 Å². The zero-order valence-electron chi connectivity index (χ0n) is 24.9. The molecule has 2 atom stereocenters. The Balaban J connectivity index is 1.57. The van der Waals surface area contributed by atoms with E-state index in [0.717, 1.165) is 17.7 Å². The minimum Gasteiger partial charge on any atom is -0.494 e. The number of rotatable bonds is 12. The molecule has 1 saturated heterocycles. The van der Waals surface area contributed by atoms with Gasteiger partial charge in [0.05, 0.1) is 35.8 Å². The van der Waals surface area contributed by atoms with Crippen molar-refractivity contribution in [3.05, 3.63) is 95.1 Å². The van der Waals surface area contributed by atoms with Gasteiger partial charge in [0.15, 0.2) is 0 Å². The Bertz CT molecular complexity index is 1550. The summed E-state index contributed by atoms with van der Waals surface area (Å²) in [6.45, 7) is 5.76. The summed E-state index contributed by atoms with van der Waals surface area (Å²) in [5.74, 6) is -0.189. The van der Waals surface area contributed by atoms with E-state index in [0.29, 0.717) is 36.6 Å². The number of nitrogens with one attached hydrogen (secondary N) is 2. The first-order valence-corrected chi connectivity index (χ1v) is 16.0. The molecule has 3 aromatic rings. The number of carbonyl (C=O) groups is 1. The van der Waals surface area contributed by atoms with Gasteiger partial charge in [0.2, 0.25) is 10.0 Å². The molecular formula is C32H38F3N3O5S. The fraction of sp³-hybridized carbons (Fsp3) is 0.406. The number of alkyl halides is 3. The van der Waals surface area contributed by atoms with Crippen LogP contribution in [0.25, 0.3) is 0 Å². The number of hydrogen-bond acceptors (Lipinski definition) is 6. The maximum Gasteiger partial charge on any atom is 0.416 e. The van der Waals surface area contributed by atoms with Crippen molar-refractivity contribution in [3.8, 4) is 5.75 Å². The number of carbonyl (C=O) groups excluding carboxylic acids is 1. The highest BCUT2D eigenvalue weighted by Gasteiger charge is 2.33. The lowest BCUT2D eigenvalue weighted by molar-refractivity contribution is -0.137. The van der Waals surface area contributed by atoms with Gasteiger partial charge in [-0.15, -0.1) is 0 Å². The number of amides is 1. The van der Waals surface area contributed by atoms with Crippen LogP contribution < -0.4 is 19.7 Å². The summed E-state index contributed by atoms with van der Waals surface area (Å²) in [6.07, 6.45) is -4.90. The highest BCUT2D eigenvalue weighted by molar-refractivity contribution is 7.93. The third-order valence-corrected chi connectivity index (χ3v) is 9.47. The Labute approximate surface area is 256 Å². The number of aliphatic hydroxyl groups is 1. The summed E-state index contributed by atoms with van der Waals surface area (Å²) in [7, 11) is -3.51. The third-order valence-electron chi connectivity index (χ3n) is 7.60. The van der Waals surface area contributed by atoms with E-state index < -0.39 is 45.4 Å². The van der Waals surface area contributed by atoms with Crippen LogP contribution in [-0.4, -0.2) is 57.0 Å².